The highest BCUT2D eigenvalue weighted by Gasteiger charge is 2.27. The molecule has 5 N–H and O–H groups in total. The molecule has 0 aromatic heterocycles. The highest BCUT2D eigenvalue weighted by Crippen LogP contribution is 2.33. The zero-order valence-electron chi connectivity index (χ0n) is 25.6. The van der Waals surface area contributed by atoms with Gasteiger partial charge in [0.05, 0.1) is 12.7 Å². The van der Waals surface area contributed by atoms with Gasteiger partial charge in [-0.15, -0.1) is 0 Å². The molecule has 0 radical (unpaired) electrons. The molecule has 0 saturated carbocycles. The lowest BCUT2D eigenvalue weighted by Gasteiger charge is -2.33. The number of amides is 2. The van der Waals surface area contributed by atoms with Gasteiger partial charge in [0.25, 0.3) is 0 Å². The second-order valence-corrected chi connectivity index (χ2v) is 11.6. The molecule has 2 amide bonds. The molecule has 3 aromatic carbocycles. The van der Waals surface area contributed by atoms with Gasteiger partial charge in [0.1, 0.15) is 5.75 Å². The van der Waals surface area contributed by atoms with E-state index < -0.39 is 17.9 Å². The molecule has 232 valence electrons. The molecule has 8 heteroatoms. The molecule has 1 aliphatic heterocycles. The third-order valence-corrected chi connectivity index (χ3v) is 7.52. The highest BCUT2D eigenvalue weighted by atomic mass is 16.7. The van der Waals surface area contributed by atoms with Crippen LogP contribution in [0, 0.1) is 0 Å². The highest BCUT2D eigenvalue weighted by molar-refractivity contribution is 5.88. The van der Waals surface area contributed by atoms with Crippen molar-refractivity contribution in [2.45, 2.75) is 77.3 Å². The molecule has 3 aromatic rings. The van der Waals surface area contributed by atoms with Crippen molar-refractivity contribution in [1.82, 2.24) is 5.32 Å². The van der Waals surface area contributed by atoms with Gasteiger partial charge in [0.2, 0.25) is 5.79 Å². The molecule has 0 saturated heterocycles. The number of aryl methyl sites for hydroxylation is 1. The summed E-state index contributed by atoms with van der Waals surface area (Å²) in [6, 6.07) is 21.5. The predicted octanol–water partition coefficient (Wildman–Crippen LogP) is 6.71. The lowest BCUT2D eigenvalue weighted by atomic mass is 10.00. The van der Waals surface area contributed by atoms with Gasteiger partial charge in [-0.1, -0.05) is 55.3 Å². The van der Waals surface area contributed by atoms with Crippen molar-refractivity contribution in [1.29, 1.82) is 0 Å². The number of ether oxygens (including phenoxy) is 3. The second-order valence-electron chi connectivity index (χ2n) is 11.6. The van der Waals surface area contributed by atoms with Crippen LogP contribution in [-0.4, -0.2) is 43.2 Å². The van der Waals surface area contributed by atoms with Crippen molar-refractivity contribution in [2.75, 3.05) is 31.6 Å². The first-order valence-corrected chi connectivity index (χ1v) is 15.5. The fraction of sp³-hybridized carbons (Fsp3) is 0.457. The van der Waals surface area contributed by atoms with E-state index in [4.69, 9.17) is 19.9 Å². The van der Waals surface area contributed by atoms with Crippen LogP contribution in [0.3, 0.4) is 0 Å². The van der Waals surface area contributed by atoms with Crippen LogP contribution in [0.5, 0.6) is 5.75 Å². The van der Waals surface area contributed by atoms with E-state index >= 15 is 0 Å². The third kappa shape index (κ3) is 11.0. The number of hydrogen-bond donors (Lipinski definition) is 4. The van der Waals surface area contributed by atoms with Crippen LogP contribution in [0.4, 0.5) is 10.5 Å². The minimum absolute atomic E-state index is 0.491. The van der Waals surface area contributed by atoms with Crippen molar-refractivity contribution in [3.05, 3.63) is 83.4 Å². The third-order valence-electron chi connectivity index (χ3n) is 7.52. The van der Waals surface area contributed by atoms with Gasteiger partial charge in [-0.05, 0) is 85.2 Å². The fourth-order valence-electron chi connectivity index (χ4n) is 5.19. The average molecular weight is 590 g/mol. The number of fused-ring (bicyclic) bond motifs is 1. The van der Waals surface area contributed by atoms with Gasteiger partial charge in [-0.3, -0.25) is 0 Å². The Balaban J connectivity index is 1.00. The number of primary amides is 1. The summed E-state index contributed by atoms with van der Waals surface area (Å²) in [5, 5.41) is 16.6. The zero-order valence-corrected chi connectivity index (χ0v) is 25.6. The van der Waals surface area contributed by atoms with Crippen LogP contribution in [0.25, 0.3) is 11.1 Å². The van der Waals surface area contributed by atoms with Crippen LogP contribution < -0.4 is 21.1 Å². The molecule has 8 nitrogen and oxygen atoms in total. The minimum atomic E-state index is -0.612. The van der Waals surface area contributed by atoms with E-state index in [1.165, 1.54) is 5.56 Å². The average Bonchev–Trinajstić information content (AvgIpc) is 2.98. The molecular formula is C35H47N3O5. The molecular weight excluding hydrogens is 542 g/mol. The fourth-order valence-corrected chi connectivity index (χ4v) is 5.19. The Hall–Kier alpha value is -3.43. The number of unbranched alkanes of at least 4 members (excludes halogenated alkanes) is 4. The first kappa shape index (κ1) is 32.5. The smallest absolute Gasteiger partial charge is 0.316 e. The number of benzene rings is 3. The van der Waals surface area contributed by atoms with Crippen LogP contribution in [-0.2, 0) is 22.5 Å². The van der Waals surface area contributed by atoms with Crippen molar-refractivity contribution < 1.29 is 24.1 Å². The molecule has 0 fully saturated rings. The van der Waals surface area contributed by atoms with E-state index in [0.717, 1.165) is 92.7 Å². The normalized spacial score (nSPS) is 14.5. The number of nitrogens with two attached hydrogens (primary N) is 1. The summed E-state index contributed by atoms with van der Waals surface area (Å²) in [4.78, 5) is 11.1. The summed E-state index contributed by atoms with van der Waals surface area (Å²) in [6.07, 6.45) is 7.02. The SMILES string of the molecule is CC1(C)OCc2cc([C@@H](O)CNCCCCCCOCCCCc3cccc(-c4cccc(NC(N)=O)c4)c3)ccc2O1. The number of anilines is 1. The summed E-state index contributed by atoms with van der Waals surface area (Å²) in [5.41, 5.74) is 11.3. The topological polar surface area (TPSA) is 115 Å². The lowest BCUT2D eigenvalue weighted by molar-refractivity contribution is -0.180. The Labute approximate surface area is 255 Å². The first-order chi connectivity index (χ1) is 20.8. The summed E-state index contributed by atoms with van der Waals surface area (Å²) in [6.45, 7) is 7.31. The lowest BCUT2D eigenvalue weighted by Crippen LogP contribution is -2.35. The molecule has 0 unspecified atom stereocenters. The van der Waals surface area contributed by atoms with Crippen LogP contribution in [0.1, 0.15) is 75.2 Å². The molecule has 1 atom stereocenters. The minimum Gasteiger partial charge on any atom is -0.463 e. The molecule has 43 heavy (non-hydrogen) atoms. The quantitative estimate of drug-likeness (QED) is 0.130. The van der Waals surface area contributed by atoms with Crippen LogP contribution in [0.15, 0.2) is 66.7 Å². The predicted molar refractivity (Wildman–Crippen MR) is 171 cm³/mol. The van der Waals surface area contributed by atoms with Gasteiger partial charge >= 0.3 is 6.03 Å². The molecule has 1 heterocycles. The Morgan fingerprint density at radius 2 is 1.70 bits per heavy atom. The number of nitrogens with one attached hydrogen (secondary N) is 2. The van der Waals surface area contributed by atoms with Crippen molar-refractivity contribution in [3.8, 4) is 16.9 Å². The maximum Gasteiger partial charge on any atom is 0.316 e. The van der Waals surface area contributed by atoms with E-state index in [2.05, 4.69) is 34.9 Å². The number of hydrogen-bond acceptors (Lipinski definition) is 6. The monoisotopic (exact) mass is 589 g/mol. The van der Waals surface area contributed by atoms with E-state index in [1.807, 2.05) is 56.3 Å². The largest absolute Gasteiger partial charge is 0.463 e. The van der Waals surface area contributed by atoms with Gasteiger partial charge < -0.3 is 35.7 Å². The van der Waals surface area contributed by atoms with Crippen molar-refractivity contribution in [3.63, 3.8) is 0 Å². The molecule has 0 aliphatic carbocycles. The Morgan fingerprint density at radius 3 is 2.51 bits per heavy atom. The number of carbonyl (C=O) groups excluding carboxylic acids is 1. The summed E-state index contributed by atoms with van der Waals surface area (Å²) >= 11 is 0. The van der Waals surface area contributed by atoms with E-state index in [-0.39, 0.29) is 0 Å². The molecule has 0 bridgehead atoms. The Bertz CT molecular complexity index is 1310. The molecule has 0 spiro atoms. The van der Waals surface area contributed by atoms with Crippen molar-refractivity contribution >= 4 is 11.7 Å². The summed E-state index contributed by atoms with van der Waals surface area (Å²) < 4.78 is 17.4. The van der Waals surface area contributed by atoms with Gasteiger partial charge in [0.15, 0.2) is 0 Å². The van der Waals surface area contributed by atoms with E-state index in [9.17, 15) is 9.90 Å². The summed E-state index contributed by atoms with van der Waals surface area (Å²) in [7, 11) is 0. The maximum absolute atomic E-state index is 11.1. The van der Waals surface area contributed by atoms with Gasteiger partial charge in [-0.25, -0.2) is 4.79 Å². The van der Waals surface area contributed by atoms with E-state index in [0.29, 0.717) is 18.8 Å². The van der Waals surface area contributed by atoms with Gasteiger partial charge in [0, 0.05) is 44.9 Å². The summed E-state index contributed by atoms with van der Waals surface area (Å²) in [5.74, 6) is 0.214. The molecule has 1 aliphatic rings. The number of carbonyl (C=O) groups is 1. The second kappa shape index (κ2) is 16.4. The van der Waals surface area contributed by atoms with E-state index in [1.54, 1.807) is 0 Å². The molecule has 4 rings (SSSR count). The number of aliphatic hydroxyl groups is 1. The Kier molecular flexibility index (Phi) is 12.4. The van der Waals surface area contributed by atoms with Crippen LogP contribution >= 0.6 is 0 Å². The zero-order chi connectivity index (χ0) is 30.5. The van der Waals surface area contributed by atoms with Crippen molar-refractivity contribution in [2.24, 2.45) is 5.73 Å². The standard InChI is InChI=1S/C35H47N3O5/c1-35(2)42-25-30-22-29(16-17-33(30)43-35)32(39)24-37-18-6-3-4-7-19-41-20-8-5-11-26-12-9-13-27(21-26)28-14-10-15-31(23-28)38-34(36)40/h9-10,12-17,21-23,32,37,39H,3-8,11,18-20,24-25H2,1-2H3,(H3,36,38,40)/t32-/m0/s1. The van der Waals surface area contributed by atoms with Gasteiger partial charge in [-0.2, -0.15) is 0 Å². The number of aliphatic hydroxyl groups excluding tert-OH is 1. The van der Waals surface area contributed by atoms with Crippen LogP contribution in [0.2, 0.25) is 0 Å². The first-order valence-electron chi connectivity index (χ1n) is 15.5. The number of rotatable bonds is 17. The maximum atomic E-state index is 11.1. The Morgan fingerprint density at radius 1 is 0.953 bits per heavy atom. The number of urea groups is 1.